The second-order valence-electron chi connectivity index (χ2n) is 19.5. The number of nitrogens with one attached hydrogen (secondary N) is 4. The zero-order valence-corrected chi connectivity index (χ0v) is 42.8. The first-order valence-electron chi connectivity index (χ1n) is 24.1. The van der Waals surface area contributed by atoms with Crippen molar-refractivity contribution < 1.29 is 33.4 Å². The lowest BCUT2D eigenvalue weighted by Gasteiger charge is -2.40. The lowest BCUT2D eigenvalue weighted by molar-refractivity contribution is -0.143. The summed E-state index contributed by atoms with van der Waals surface area (Å²) in [5.74, 6) is 1.24. The number of alkyl halides is 1. The van der Waals surface area contributed by atoms with Gasteiger partial charge in [0, 0.05) is 69.6 Å². The van der Waals surface area contributed by atoms with Crippen molar-refractivity contribution in [1.82, 2.24) is 40.3 Å². The number of nitrogens with zero attached hydrogens (tertiary/aromatic N) is 6. The number of carbonyl (C=O) groups is 4. The molecule has 2 saturated heterocycles. The summed E-state index contributed by atoms with van der Waals surface area (Å²) in [6.07, 6.45) is 5.01. The zero-order chi connectivity index (χ0) is 49.7. The Kier molecular flexibility index (Phi) is 16.2. The number of anilines is 3. The van der Waals surface area contributed by atoms with Crippen molar-refractivity contribution in [2.45, 2.75) is 101 Å². The molecule has 2 aliphatic heterocycles. The van der Waals surface area contributed by atoms with Crippen LogP contribution in [0.25, 0.3) is 10.4 Å². The van der Waals surface area contributed by atoms with Gasteiger partial charge in [0.05, 0.1) is 41.2 Å². The lowest BCUT2D eigenvalue weighted by atomic mass is 9.82. The summed E-state index contributed by atoms with van der Waals surface area (Å²) in [6, 6.07) is 11.1. The molecule has 0 bridgehead atoms. The monoisotopic (exact) mass is 1020 g/mol. The van der Waals surface area contributed by atoms with Crippen molar-refractivity contribution in [2.75, 3.05) is 69.8 Å². The summed E-state index contributed by atoms with van der Waals surface area (Å²) in [6.45, 7) is 9.71. The Morgan fingerprint density at radius 1 is 1.03 bits per heavy atom. The van der Waals surface area contributed by atoms with Crippen molar-refractivity contribution >= 4 is 75.8 Å². The molecule has 0 unspecified atom stereocenters. The Balaban J connectivity index is 0.808. The normalized spacial score (nSPS) is 21.7. The van der Waals surface area contributed by atoms with E-state index in [-0.39, 0.29) is 38.3 Å². The van der Waals surface area contributed by atoms with Crippen LogP contribution in [0.3, 0.4) is 0 Å². The number of thioether (sulfide) groups is 1. The maximum atomic E-state index is 15.2. The highest BCUT2D eigenvalue weighted by molar-refractivity contribution is 8.00. The Hall–Kier alpha value is -5.08. The molecule has 376 valence electrons. The van der Waals surface area contributed by atoms with E-state index < -0.39 is 46.3 Å². The number of piperazine rings is 1. The molecule has 4 aromatic rings. The molecule has 70 heavy (non-hydrogen) atoms. The van der Waals surface area contributed by atoms with Crippen LogP contribution < -0.4 is 26.0 Å². The highest BCUT2D eigenvalue weighted by Gasteiger charge is 2.54. The number of hydrogen-bond donors (Lipinski definition) is 5. The standard InChI is InChI=1S/C50H64ClFN10O6S2/c1-30-41(69-29-56-30)34-12-10-31(11-13-34)24-54-44(64)39-23-36(63)27-62(39)46(66)42(58-47(67)50(52)16-17-50)49(2,3)70-28-33-8-6-32(7-9-33)26-60-18-20-61(21-19-60)45(65)35-14-15-38(40(22-35)68-5)57-48-55-25-37(51)43(53-4)59-48/h10-15,22,25,29,32-33,36,39,42,63H,6-9,16-21,23-24,26-28H2,1-5H3,(H,54,64)(H,58,67)(H2,53,55,57,59)/t32?,33?,36-,39-,42-/m1/s1. The third kappa shape index (κ3) is 12.1. The predicted molar refractivity (Wildman–Crippen MR) is 272 cm³/mol. The van der Waals surface area contributed by atoms with Crippen molar-refractivity contribution in [2.24, 2.45) is 11.8 Å². The Morgan fingerprint density at radius 3 is 2.40 bits per heavy atom. The van der Waals surface area contributed by atoms with E-state index in [1.54, 1.807) is 55.5 Å². The van der Waals surface area contributed by atoms with Crippen LogP contribution in [0.5, 0.6) is 5.75 Å². The maximum absolute atomic E-state index is 15.2. The number of ether oxygens (including phenoxy) is 1. The summed E-state index contributed by atoms with van der Waals surface area (Å²) in [5.41, 5.74) is 3.84. The van der Waals surface area contributed by atoms with Gasteiger partial charge in [0.15, 0.2) is 5.67 Å². The van der Waals surface area contributed by atoms with E-state index in [0.29, 0.717) is 58.7 Å². The van der Waals surface area contributed by atoms with Crippen LogP contribution in [0.4, 0.5) is 21.8 Å². The number of β-amino-alcohol motifs (C(OH)–C–C–N with tert-alkyl or cyclic N) is 1. The number of aryl methyl sites for hydroxylation is 1. The molecule has 4 heterocycles. The zero-order valence-electron chi connectivity index (χ0n) is 40.4. The van der Waals surface area contributed by atoms with Gasteiger partial charge in [-0.05, 0) is 106 Å². The van der Waals surface area contributed by atoms with Crippen molar-refractivity contribution in [3.8, 4) is 16.2 Å². The number of rotatable bonds is 18. The third-order valence-electron chi connectivity index (χ3n) is 14.1. The minimum atomic E-state index is -2.00. The molecule has 8 rings (SSSR count). The number of aromatic nitrogens is 3. The maximum Gasteiger partial charge on any atom is 0.258 e. The second-order valence-corrected chi connectivity index (χ2v) is 22.5. The summed E-state index contributed by atoms with van der Waals surface area (Å²) in [5, 5.41) is 23.0. The summed E-state index contributed by atoms with van der Waals surface area (Å²) < 4.78 is 19.9. The number of carbonyl (C=O) groups excluding carboxylic acids is 4. The fourth-order valence-electron chi connectivity index (χ4n) is 9.59. The van der Waals surface area contributed by atoms with E-state index in [9.17, 15) is 24.3 Å². The SMILES string of the molecule is CNc1nc(Nc2ccc(C(=O)N3CCN(CC4CCC(CSC(C)(C)[C@H](NC(=O)C5(F)CC5)C(=O)N5C[C@H](O)C[C@@H]5C(=O)NCc5ccc(-c6scnc6C)cc5)CC4)CC3)cc2OC)ncc1Cl. The van der Waals surface area contributed by atoms with E-state index in [4.69, 9.17) is 16.3 Å². The molecule has 0 radical (unpaired) electrons. The smallest absolute Gasteiger partial charge is 0.258 e. The van der Waals surface area contributed by atoms with Crippen LogP contribution in [0.1, 0.15) is 80.4 Å². The highest BCUT2D eigenvalue weighted by atomic mass is 35.5. The fraction of sp³-hybridized carbons (Fsp3) is 0.540. The molecule has 2 aliphatic carbocycles. The summed E-state index contributed by atoms with van der Waals surface area (Å²) in [4.78, 5) is 74.9. The number of aliphatic hydroxyl groups excluding tert-OH is 1. The fourth-order valence-corrected chi connectivity index (χ4v) is 11.9. The Labute approximate surface area is 422 Å². The average molecular weight is 1020 g/mol. The number of benzene rings is 2. The molecule has 0 spiro atoms. The van der Waals surface area contributed by atoms with E-state index in [1.807, 2.05) is 55.4 Å². The number of aliphatic hydroxyl groups is 1. The molecule has 4 fully saturated rings. The first-order valence-corrected chi connectivity index (χ1v) is 26.3. The van der Waals surface area contributed by atoms with Gasteiger partial charge < -0.3 is 40.9 Å². The topological polar surface area (TPSA) is 194 Å². The molecule has 16 nitrogen and oxygen atoms in total. The van der Waals surface area contributed by atoms with Gasteiger partial charge in [-0.25, -0.2) is 14.4 Å². The highest BCUT2D eigenvalue weighted by Crippen LogP contribution is 2.42. The minimum absolute atomic E-state index is 0.0505. The average Bonchev–Trinajstić information content (AvgIpc) is 3.77. The van der Waals surface area contributed by atoms with Crippen LogP contribution in [0, 0.1) is 18.8 Å². The van der Waals surface area contributed by atoms with E-state index in [0.717, 1.165) is 72.8 Å². The van der Waals surface area contributed by atoms with Gasteiger partial charge >= 0.3 is 0 Å². The van der Waals surface area contributed by atoms with Crippen molar-refractivity contribution in [3.63, 3.8) is 0 Å². The lowest BCUT2D eigenvalue weighted by Crippen LogP contribution is -2.61. The van der Waals surface area contributed by atoms with Gasteiger partial charge in [-0.2, -0.15) is 16.7 Å². The third-order valence-corrected chi connectivity index (χ3v) is 17.0. The quantitative estimate of drug-likeness (QED) is 0.0708. The number of likely N-dealkylation sites (tertiary alicyclic amines) is 1. The van der Waals surface area contributed by atoms with E-state index in [1.165, 1.54) is 11.1 Å². The molecular weight excluding hydrogens is 955 g/mol. The van der Waals surface area contributed by atoms with Gasteiger partial charge in [0.2, 0.25) is 17.8 Å². The minimum Gasteiger partial charge on any atom is -0.495 e. The van der Waals surface area contributed by atoms with Gasteiger partial charge in [0.25, 0.3) is 11.8 Å². The van der Waals surface area contributed by atoms with Gasteiger partial charge in [-0.15, -0.1) is 11.3 Å². The molecule has 2 saturated carbocycles. The Morgan fingerprint density at radius 2 is 1.74 bits per heavy atom. The number of amides is 4. The van der Waals surface area contributed by atoms with Crippen LogP contribution in [-0.2, 0) is 20.9 Å². The van der Waals surface area contributed by atoms with Crippen molar-refractivity contribution in [1.29, 1.82) is 0 Å². The van der Waals surface area contributed by atoms with Crippen LogP contribution >= 0.6 is 34.7 Å². The molecule has 4 amide bonds. The predicted octanol–water partition coefficient (Wildman–Crippen LogP) is 6.70. The molecule has 20 heteroatoms. The second kappa shape index (κ2) is 22.1. The molecule has 5 N–H and O–H groups in total. The number of halogens is 2. The van der Waals surface area contributed by atoms with E-state index >= 15 is 4.39 Å². The van der Waals surface area contributed by atoms with Gasteiger partial charge in [0.1, 0.15) is 28.7 Å². The summed E-state index contributed by atoms with van der Waals surface area (Å²) >= 11 is 9.30. The number of hydrogen-bond acceptors (Lipinski definition) is 14. The number of methoxy groups -OCH3 is 1. The van der Waals surface area contributed by atoms with Crippen LogP contribution in [0.2, 0.25) is 5.02 Å². The first-order chi connectivity index (χ1) is 33.5. The molecule has 3 atom stereocenters. The van der Waals surface area contributed by atoms with Crippen LogP contribution in [-0.4, -0.2) is 146 Å². The van der Waals surface area contributed by atoms with Gasteiger partial charge in [-0.1, -0.05) is 35.9 Å². The molecular formula is C50H64ClFN10O6S2. The molecule has 2 aromatic carbocycles. The van der Waals surface area contributed by atoms with Crippen molar-refractivity contribution in [3.05, 3.63) is 76.0 Å². The molecule has 4 aliphatic rings. The van der Waals surface area contributed by atoms with E-state index in [2.05, 4.69) is 41.1 Å². The summed E-state index contributed by atoms with van der Waals surface area (Å²) in [7, 11) is 3.28. The largest absolute Gasteiger partial charge is 0.495 e. The van der Waals surface area contributed by atoms with Gasteiger partial charge in [-0.3, -0.25) is 24.1 Å². The Bertz CT molecular complexity index is 2510. The first kappa shape index (κ1) is 51.3. The molecule has 2 aromatic heterocycles. The number of thiazole rings is 1. The van der Waals surface area contributed by atoms with Crippen LogP contribution in [0.15, 0.2) is 54.2 Å².